The van der Waals surface area contributed by atoms with E-state index in [0.717, 1.165) is 18.2 Å². The molecule has 0 bridgehead atoms. The zero-order chi connectivity index (χ0) is 19.7. The maximum atomic E-state index is 12.8. The molecule has 0 saturated carbocycles. The second kappa shape index (κ2) is 6.91. The average Bonchev–Trinajstić information content (AvgIpc) is 3.10. The molecule has 7 nitrogen and oxygen atoms in total. The summed E-state index contributed by atoms with van der Waals surface area (Å²) < 4.78 is 75.7. The van der Waals surface area contributed by atoms with Crippen LogP contribution < -0.4 is 9.46 Å². The Balaban J connectivity index is 1.98. The highest BCUT2D eigenvalue weighted by Gasteiger charge is 2.31. The molecule has 0 amide bonds. The third kappa shape index (κ3) is 4.03. The molecule has 0 atom stereocenters. The van der Waals surface area contributed by atoms with Crippen LogP contribution in [0.5, 0.6) is 6.01 Å². The Morgan fingerprint density at radius 3 is 2.52 bits per heavy atom. The monoisotopic (exact) mass is 399 g/mol. The molecule has 1 aromatic heterocycles. The summed E-state index contributed by atoms with van der Waals surface area (Å²) >= 11 is 0. The number of benzene rings is 2. The quantitative estimate of drug-likeness (QED) is 0.705. The van der Waals surface area contributed by atoms with Gasteiger partial charge in [0.1, 0.15) is 0 Å². The molecule has 0 spiro atoms. The van der Waals surface area contributed by atoms with E-state index in [0.29, 0.717) is 6.07 Å². The molecule has 2 aromatic carbocycles. The second-order valence-corrected chi connectivity index (χ2v) is 6.95. The summed E-state index contributed by atoms with van der Waals surface area (Å²) in [5.41, 5.74) is -0.773. The Hall–Kier alpha value is -3.08. The molecule has 11 heteroatoms. The predicted molar refractivity (Wildman–Crippen MR) is 88.5 cm³/mol. The van der Waals surface area contributed by atoms with Crippen molar-refractivity contribution in [2.24, 2.45) is 0 Å². The maximum Gasteiger partial charge on any atom is 0.416 e. The number of para-hydroxylation sites is 1. The molecule has 0 aliphatic rings. The van der Waals surface area contributed by atoms with Crippen LogP contribution in [-0.2, 0) is 16.2 Å². The van der Waals surface area contributed by atoms with Gasteiger partial charge in [-0.05, 0) is 35.5 Å². The lowest BCUT2D eigenvalue weighted by molar-refractivity contribution is -0.137. The molecular weight excluding hydrogens is 387 g/mol. The largest absolute Gasteiger partial charge is 0.465 e. The summed E-state index contributed by atoms with van der Waals surface area (Å²) in [4.78, 5) is 3.39. The molecule has 0 unspecified atom stereocenters. The number of rotatable bonds is 5. The fraction of sp³-hybridized carbons (Fsp3) is 0.125. The van der Waals surface area contributed by atoms with Crippen molar-refractivity contribution >= 4 is 15.7 Å². The van der Waals surface area contributed by atoms with Crippen molar-refractivity contribution in [3.8, 4) is 17.5 Å². The minimum atomic E-state index is -4.66. The topological polar surface area (TPSA) is 94.3 Å². The number of nitrogens with one attached hydrogen (secondary N) is 1. The van der Waals surface area contributed by atoms with Crippen molar-refractivity contribution in [3.05, 3.63) is 54.1 Å². The Morgan fingerprint density at radius 2 is 1.85 bits per heavy atom. The zero-order valence-corrected chi connectivity index (χ0v) is 14.5. The minimum absolute atomic E-state index is 0.0193. The third-order valence-corrected chi connectivity index (χ3v) is 4.83. The summed E-state index contributed by atoms with van der Waals surface area (Å²) in [7, 11) is -2.97. The molecule has 142 valence electrons. The van der Waals surface area contributed by atoms with Crippen LogP contribution in [-0.4, -0.2) is 25.7 Å². The highest BCUT2D eigenvalue weighted by Crippen LogP contribution is 2.32. The van der Waals surface area contributed by atoms with Crippen molar-refractivity contribution in [1.29, 1.82) is 0 Å². The molecule has 0 aliphatic carbocycles. The van der Waals surface area contributed by atoms with Crippen LogP contribution in [0.4, 0.5) is 18.9 Å². The number of halogens is 3. The molecule has 0 radical (unpaired) electrons. The Kier molecular flexibility index (Phi) is 4.79. The van der Waals surface area contributed by atoms with Crippen LogP contribution in [0.3, 0.4) is 0 Å². The maximum absolute atomic E-state index is 12.8. The van der Waals surface area contributed by atoms with Gasteiger partial charge in [-0.1, -0.05) is 18.2 Å². The van der Waals surface area contributed by atoms with E-state index in [1.54, 1.807) is 12.1 Å². The highest BCUT2D eigenvalue weighted by atomic mass is 32.2. The number of hydrogen-bond acceptors (Lipinski definition) is 6. The first-order chi connectivity index (χ1) is 12.7. The summed E-state index contributed by atoms with van der Waals surface area (Å²) in [6, 6.07) is 9.45. The van der Waals surface area contributed by atoms with Crippen LogP contribution in [0.2, 0.25) is 0 Å². The normalized spacial score (nSPS) is 12.0. The highest BCUT2D eigenvalue weighted by molar-refractivity contribution is 7.92. The van der Waals surface area contributed by atoms with Gasteiger partial charge in [0.15, 0.2) is 0 Å². The number of nitrogens with zero attached hydrogens (tertiary/aromatic N) is 2. The van der Waals surface area contributed by atoms with E-state index in [1.807, 2.05) is 0 Å². The van der Waals surface area contributed by atoms with Gasteiger partial charge < -0.3 is 9.26 Å². The van der Waals surface area contributed by atoms with E-state index < -0.39 is 26.7 Å². The van der Waals surface area contributed by atoms with Gasteiger partial charge in [-0.15, -0.1) is 0 Å². The minimum Gasteiger partial charge on any atom is -0.465 e. The van der Waals surface area contributed by atoms with Crippen molar-refractivity contribution < 1.29 is 30.8 Å². The van der Waals surface area contributed by atoms with Crippen molar-refractivity contribution in [2.45, 2.75) is 11.1 Å². The smallest absolute Gasteiger partial charge is 0.416 e. The number of methoxy groups -OCH3 is 1. The molecule has 27 heavy (non-hydrogen) atoms. The first kappa shape index (κ1) is 18.7. The summed E-state index contributed by atoms with van der Waals surface area (Å²) in [5, 5.41) is 3.53. The molecule has 0 fully saturated rings. The van der Waals surface area contributed by atoms with Crippen LogP contribution >= 0.6 is 0 Å². The van der Waals surface area contributed by atoms with Gasteiger partial charge in [-0.25, -0.2) is 8.42 Å². The number of ether oxygens (including phenoxy) is 1. The molecule has 0 aliphatic heterocycles. The molecule has 0 saturated heterocycles. The number of sulfonamides is 1. The fourth-order valence-corrected chi connectivity index (χ4v) is 3.33. The molecule has 1 N–H and O–H groups in total. The lowest BCUT2D eigenvalue weighted by atomic mass is 10.2. The van der Waals surface area contributed by atoms with Gasteiger partial charge in [-0.2, -0.15) is 18.2 Å². The van der Waals surface area contributed by atoms with E-state index in [-0.39, 0.29) is 23.2 Å². The van der Waals surface area contributed by atoms with Crippen molar-refractivity contribution in [3.63, 3.8) is 0 Å². The number of alkyl halides is 3. The Bertz CT molecular complexity index is 1060. The van der Waals surface area contributed by atoms with Gasteiger partial charge in [0.2, 0.25) is 0 Å². The van der Waals surface area contributed by atoms with Crippen LogP contribution in [0, 0.1) is 0 Å². The van der Waals surface area contributed by atoms with E-state index in [4.69, 9.17) is 9.26 Å². The van der Waals surface area contributed by atoms with Crippen LogP contribution in [0.15, 0.2) is 57.9 Å². The number of hydrogen-bond donors (Lipinski definition) is 1. The molecule has 3 rings (SSSR count). The SMILES string of the molecule is COc1noc(-c2ccccc2NS(=O)(=O)c2cccc(C(F)(F)F)c2)n1. The Morgan fingerprint density at radius 1 is 1.11 bits per heavy atom. The first-order valence-electron chi connectivity index (χ1n) is 7.38. The number of aromatic nitrogens is 2. The van der Waals surface area contributed by atoms with E-state index in [1.165, 1.54) is 19.2 Å². The van der Waals surface area contributed by atoms with Gasteiger partial charge >= 0.3 is 12.2 Å². The third-order valence-electron chi connectivity index (χ3n) is 3.46. The summed E-state index contributed by atoms with van der Waals surface area (Å²) in [6.07, 6.45) is -4.66. The van der Waals surface area contributed by atoms with Gasteiger partial charge in [-0.3, -0.25) is 4.72 Å². The van der Waals surface area contributed by atoms with Crippen LogP contribution in [0.25, 0.3) is 11.5 Å². The second-order valence-electron chi connectivity index (χ2n) is 5.26. The lowest BCUT2D eigenvalue weighted by Gasteiger charge is -2.12. The van der Waals surface area contributed by atoms with E-state index in [9.17, 15) is 21.6 Å². The molecule has 3 aromatic rings. The van der Waals surface area contributed by atoms with Gasteiger partial charge in [0, 0.05) is 0 Å². The standard InChI is InChI=1S/C16H12F3N3O4S/c1-25-15-20-14(26-21-15)12-7-2-3-8-13(12)22-27(23,24)11-6-4-5-10(9-11)16(17,18)19/h2-9,22H,1H3. The summed E-state index contributed by atoms with van der Waals surface area (Å²) in [5.74, 6) is -0.0193. The van der Waals surface area contributed by atoms with Crippen molar-refractivity contribution in [2.75, 3.05) is 11.8 Å². The number of anilines is 1. The molecular formula is C16H12F3N3O4S. The first-order valence-corrected chi connectivity index (χ1v) is 8.86. The summed E-state index contributed by atoms with van der Waals surface area (Å²) in [6.45, 7) is 0. The van der Waals surface area contributed by atoms with Gasteiger partial charge in [0.05, 0.1) is 28.8 Å². The Labute approximate surface area is 151 Å². The van der Waals surface area contributed by atoms with E-state index >= 15 is 0 Å². The van der Waals surface area contributed by atoms with Crippen LogP contribution in [0.1, 0.15) is 5.56 Å². The lowest BCUT2D eigenvalue weighted by Crippen LogP contribution is -2.15. The molecule has 1 heterocycles. The van der Waals surface area contributed by atoms with E-state index in [2.05, 4.69) is 14.9 Å². The van der Waals surface area contributed by atoms with Crippen molar-refractivity contribution in [1.82, 2.24) is 10.1 Å². The van der Waals surface area contributed by atoms with Gasteiger partial charge in [0.25, 0.3) is 15.9 Å². The average molecular weight is 399 g/mol. The zero-order valence-electron chi connectivity index (χ0n) is 13.7. The fourth-order valence-electron chi connectivity index (χ4n) is 2.20. The predicted octanol–water partition coefficient (Wildman–Crippen LogP) is 3.56.